The van der Waals surface area contributed by atoms with Gasteiger partial charge in [0.15, 0.2) is 5.78 Å². The van der Waals surface area contributed by atoms with Crippen LogP contribution in [0.1, 0.15) is 20.3 Å². The molecule has 0 atom stereocenters. The number of benzene rings is 2. The Bertz CT molecular complexity index is 1070. The molecule has 29 heavy (non-hydrogen) atoms. The summed E-state index contributed by atoms with van der Waals surface area (Å²) in [5, 5.41) is 19.0. The lowest BCUT2D eigenvalue weighted by Gasteiger charge is -2.09. The lowest BCUT2D eigenvalue weighted by atomic mass is 10.1. The van der Waals surface area contributed by atoms with Crippen LogP contribution in [0.3, 0.4) is 0 Å². The molecule has 0 aromatic heterocycles. The molecule has 9 heteroatoms. The van der Waals surface area contributed by atoms with Gasteiger partial charge in [-0.05, 0) is 36.8 Å². The van der Waals surface area contributed by atoms with Crippen LogP contribution in [0.2, 0.25) is 0 Å². The van der Waals surface area contributed by atoms with Gasteiger partial charge in [0.1, 0.15) is 12.4 Å². The first kappa shape index (κ1) is 22.3. The molecule has 0 spiro atoms. The number of esters is 1. The standard InChI is InChI=1S/C20H22N2O6S/c1-13(21)20(14(2)23)18(24)12-28-19(25)9-10-22-29(26,27)17-8-7-15-5-3-4-6-16(15)11-17/h3-8,11,21-22,24H,9-10,12H2,1-2H3/b20-18+,21-13?. The second-order valence-electron chi connectivity index (χ2n) is 6.32. The fourth-order valence-corrected chi connectivity index (χ4v) is 3.75. The maximum atomic E-state index is 12.4. The topological polar surface area (TPSA) is 134 Å². The van der Waals surface area contributed by atoms with Gasteiger partial charge in [-0.3, -0.25) is 9.59 Å². The summed E-state index contributed by atoms with van der Waals surface area (Å²) >= 11 is 0. The number of nitrogens with one attached hydrogen (secondary N) is 2. The van der Waals surface area contributed by atoms with Crippen molar-refractivity contribution in [2.24, 2.45) is 0 Å². The van der Waals surface area contributed by atoms with Crippen LogP contribution in [0, 0.1) is 5.41 Å². The number of aliphatic hydroxyl groups excluding tert-OH is 1. The van der Waals surface area contributed by atoms with E-state index in [0.29, 0.717) is 0 Å². The van der Waals surface area contributed by atoms with Crippen LogP contribution in [-0.2, 0) is 24.3 Å². The summed E-state index contributed by atoms with van der Waals surface area (Å²) < 4.78 is 31.9. The van der Waals surface area contributed by atoms with Crippen molar-refractivity contribution in [3.8, 4) is 0 Å². The maximum absolute atomic E-state index is 12.4. The highest BCUT2D eigenvalue weighted by Gasteiger charge is 2.17. The van der Waals surface area contributed by atoms with E-state index in [1.165, 1.54) is 19.9 Å². The minimum Gasteiger partial charge on any atom is -0.508 e. The molecule has 0 aliphatic rings. The van der Waals surface area contributed by atoms with Gasteiger partial charge in [0.25, 0.3) is 0 Å². The molecule has 2 aromatic rings. The van der Waals surface area contributed by atoms with E-state index in [9.17, 15) is 23.1 Å². The number of ketones is 1. The highest BCUT2D eigenvalue weighted by Crippen LogP contribution is 2.18. The van der Waals surface area contributed by atoms with Gasteiger partial charge in [0, 0.05) is 12.3 Å². The molecule has 0 unspecified atom stereocenters. The van der Waals surface area contributed by atoms with Crippen LogP contribution in [0.5, 0.6) is 0 Å². The Labute approximate surface area is 168 Å². The third-order valence-corrected chi connectivity index (χ3v) is 5.50. The molecule has 0 bridgehead atoms. The van der Waals surface area contributed by atoms with Crippen molar-refractivity contribution in [2.75, 3.05) is 13.2 Å². The van der Waals surface area contributed by atoms with Gasteiger partial charge >= 0.3 is 5.97 Å². The second kappa shape index (κ2) is 9.44. The van der Waals surface area contributed by atoms with Crippen LogP contribution in [0.4, 0.5) is 0 Å². The highest BCUT2D eigenvalue weighted by atomic mass is 32.2. The van der Waals surface area contributed by atoms with E-state index >= 15 is 0 Å². The lowest BCUT2D eigenvalue weighted by molar-refractivity contribution is -0.143. The quantitative estimate of drug-likeness (QED) is 0.248. The van der Waals surface area contributed by atoms with Gasteiger partial charge < -0.3 is 15.3 Å². The number of Topliss-reactive ketones (excluding diaryl/α,β-unsaturated/α-hetero) is 1. The van der Waals surface area contributed by atoms with Gasteiger partial charge in [-0.1, -0.05) is 30.3 Å². The van der Waals surface area contributed by atoms with Gasteiger partial charge in [-0.25, -0.2) is 13.1 Å². The average Bonchev–Trinajstić information content (AvgIpc) is 2.65. The zero-order valence-corrected chi connectivity index (χ0v) is 16.9. The van der Waals surface area contributed by atoms with Gasteiger partial charge in [-0.2, -0.15) is 0 Å². The molecular weight excluding hydrogens is 396 g/mol. The molecule has 0 radical (unpaired) electrons. The number of rotatable bonds is 9. The second-order valence-corrected chi connectivity index (χ2v) is 8.09. The molecule has 0 amide bonds. The van der Waals surface area contributed by atoms with Crippen LogP contribution in [0.15, 0.2) is 58.7 Å². The number of allylic oxidation sites excluding steroid dienone is 1. The van der Waals surface area contributed by atoms with Crippen molar-refractivity contribution in [3.05, 3.63) is 53.8 Å². The molecule has 0 fully saturated rings. The van der Waals surface area contributed by atoms with Crippen LogP contribution in [0.25, 0.3) is 10.8 Å². The van der Waals surface area contributed by atoms with E-state index in [2.05, 4.69) is 4.72 Å². The largest absolute Gasteiger partial charge is 0.508 e. The molecule has 0 saturated heterocycles. The minimum absolute atomic E-state index is 0.0812. The number of aliphatic hydroxyl groups is 1. The average molecular weight is 418 g/mol. The SMILES string of the molecule is CC(=N)/C(C(C)=O)=C(\O)COC(=O)CCNS(=O)(=O)c1ccc2ccccc2c1. The first-order valence-electron chi connectivity index (χ1n) is 8.74. The number of carbonyl (C=O) groups excluding carboxylic acids is 2. The Morgan fingerprint density at radius 3 is 2.38 bits per heavy atom. The summed E-state index contributed by atoms with van der Waals surface area (Å²) in [7, 11) is -3.80. The van der Waals surface area contributed by atoms with Crippen molar-refractivity contribution in [1.82, 2.24) is 4.72 Å². The van der Waals surface area contributed by atoms with Gasteiger partial charge in [0.2, 0.25) is 10.0 Å². The normalized spacial score (nSPS) is 12.3. The monoisotopic (exact) mass is 418 g/mol. The molecule has 0 saturated carbocycles. The molecule has 3 N–H and O–H groups in total. The summed E-state index contributed by atoms with van der Waals surface area (Å²) in [5.74, 6) is -1.80. The van der Waals surface area contributed by atoms with Crippen molar-refractivity contribution in [3.63, 3.8) is 0 Å². The number of hydrogen-bond acceptors (Lipinski definition) is 7. The van der Waals surface area contributed by atoms with Crippen LogP contribution in [-0.4, -0.2) is 44.1 Å². The van der Waals surface area contributed by atoms with Crippen LogP contribution < -0.4 is 4.72 Å². The number of hydrogen-bond donors (Lipinski definition) is 3. The predicted molar refractivity (Wildman–Crippen MR) is 108 cm³/mol. The molecule has 154 valence electrons. The number of ether oxygens (including phenoxy) is 1. The van der Waals surface area contributed by atoms with E-state index in [-0.39, 0.29) is 29.1 Å². The third-order valence-electron chi connectivity index (χ3n) is 4.04. The molecule has 2 rings (SSSR count). The van der Waals surface area contributed by atoms with Crippen molar-refractivity contribution >= 4 is 38.3 Å². The Morgan fingerprint density at radius 2 is 1.76 bits per heavy atom. The third kappa shape index (κ3) is 5.97. The summed E-state index contributed by atoms with van der Waals surface area (Å²) in [4.78, 5) is 23.3. The highest BCUT2D eigenvalue weighted by molar-refractivity contribution is 7.89. The Kier molecular flexibility index (Phi) is 7.24. The molecule has 0 aliphatic heterocycles. The zero-order valence-electron chi connectivity index (χ0n) is 16.1. The molecular formula is C20H22N2O6S. The first-order chi connectivity index (χ1) is 13.6. The minimum atomic E-state index is -3.80. The van der Waals surface area contributed by atoms with E-state index in [4.69, 9.17) is 10.1 Å². The smallest absolute Gasteiger partial charge is 0.307 e. The summed E-state index contributed by atoms with van der Waals surface area (Å²) in [6.45, 7) is 1.76. The summed E-state index contributed by atoms with van der Waals surface area (Å²) in [6, 6.07) is 12.1. The van der Waals surface area contributed by atoms with Gasteiger partial charge in [-0.15, -0.1) is 0 Å². The van der Waals surface area contributed by atoms with E-state index < -0.39 is 34.1 Å². The Hall–Kier alpha value is -3.04. The van der Waals surface area contributed by atoms with Crippen molar-refractivity contribution < 1.29 is 27.9 Å². The fraction of sp³-hybridized carbons (Fsp3) is 0.250. The predicted octanol–water partition coefficient (Wildman–Crippen LogP) is 2.49. The Morgan fingerprint density at radius 1 is 1.10 bits per heavy atom. The van der Waals surface area contributed by atoms with E-state index in [1.54, 1.807) is 18.2 Å². The van der Waals surface area contributed by atoms with Crippen LogP contribution >= 0.6 is 0 Å². The molecule has 0 aliphatic carbocycles. The fourth-order valence-electron chi connectivity index (χ4n) is 2.68. The number of carbonyl (C=O) groups is 2. The van der Waals surface area contributed by atoms with E-state index in [1.807, 2.05) is 18.2 Å². The van der Waals surface area contributed by atoms with Crippen molar-refractivity contribution in [1.29, 1.82) is 5.41 Å². The lowest BCUT2D eigenvalue weighted by Crippen LogP contribution is -2.27. The first-order valence-corrected chi connectivity index (χ1v) is 10.2. The number of fused-ring (bicyclic) bond motifs is 1. The molecule has 8 nitrogen and oxygen atoms in total. The van der Waals surface area contributed by atoms with Gasteiger partial charge in [0.05, 0.1) is 16.9 Å². The molecule has 2 aromatic carbocycles. The van der Waals surface area contributed by atoms with E-state index in [0.717, 1.165) is 10.8 Å². The number of sulfonamides is 1. The van der Waals surface area contributed by atoms with Crippen molar-refractivity contribution in [2.45, 2.75) is 25.2 Å². The maximum Gasteiger partial charge on any atom is 0.307 e. The summed E-state index contributed by atoms with van der Waals surface area (Å²) in [6.07, 6.45) is -0.265. The Balaban J connectivity index is 1.92. The summed E-state index contributed by atoms with van der Waals surface area (Å²) in [5.41, 5.74) is -0.357. The zero-order chi connectivity index (χ0) is 21.6. The molecule has 0 heterocycles.